The second-order valence-corrected chi connectivity index (χ2v) is 5.19. The lowest BCUT2D eigenvalue weighted by molar-refractivity contribution is 0.00578. The van der Waals surface area contributed by atoms with Crippen LogP contribution >= 0.6 is 0 Å². The highest BCUT2D eigenvalue weighted by Gasteiger charge is 2.53. The van der Waals surface area contributed by atoms with Crippen molar-refractivity contribution in [3.8, 4) is 0 Å². The van der Waals surface area contributed by atoms with Crippen molar-refractivity contribution in [1.29, 1.82) is 0 Å². The molecular formula is C11H16BNO5. The number of esters is 1. The molecule has 0 aliphatic carbocycles. The number of carbonyl (C=O) groups excluding carboxylic acids is 1. The highest BCUT2D eigenvalue weighted by Crippen LogP contribution is 2.36. The molecule has 18 heavy (non-hydrogen) atoms. The van der Waals surface area contributed by atoms with E-state index in [0.717, 1.165) is 0 Å². The number of methoxy groups -OCH3 is 1. The van der Waals surface area contributed by atoms with E-state index in [1.165, 1.54) is 13.2 Å². The van der Waals surface area contributed by atoms with E-state index in [2.05, 4.69) is 9.89 Å². The quantitative estimate of drug-likeness (QED) is 0.572. The molecule has 0 amide bonds. The Balaban J connectivity index is 2.20. The third-order valence-electron chi connectivity index (χ3n) is 3.41. The molecular weight excluding hydrogens is 237 g/mol. The average Bonchev–Trinajstić information content (AvgIpc) is 2.82. The molecule has 0 radical (unpaired) electrons. The van der Waals surface area contributed by atoms with Gasteiger partial charge in [-0.15, -0.1) is 0 Å². The van der Waals surface area contributed by atoms with Gasteiger partial charge in [0, 0.05) is 6.07 Å². The zero-order chi connectivity index (χ0) is 13.6. The molecule has 0 spiro atoms. The first kappa shape index (κ1) is 13.1. The average molecular weight is 253 g/mol. The third-order valence-corrected chi connectivity index (χ3v) is 3.41. The van der Waals surface area contributed by atoms with E-state index in [9.17, 15) is 4.79 Å². The first-order chi connectivity index (χ1) is 8.27. The maximum Gasteiger partial charge on any atom is 0.535 e. The summed E-state index contributed by atoms with van der Waals surface area (Å²) in [4.78, 5) is 11.3. The monoisotopic (exact) mass is 253 g/mol. The van der Waals surface area contributed by atoms with Crippen molar-refractivity contribution in [3.63, 3.8) is 0 Å². The van der Waals surface area contributed by atoms with Gasteiger partial charge < -0.3 is 18.6 Å². The first-order valence-electron chi connectivity index (χ1n) is 5.67. The molecule has 1 aliphatic rings. The van der Waals surface area contributed by atoms with E-state index in [-0.39, 0.29) is 5.69 Å². The van der Waals surface area contributed by atoms with Gasteiger partial charge in [0.1, 0.15) is 0 Å². The molecule has 0 atom stereocenters. The zero-order valence-corrected chi connectivity index (χ0v) is 11.1. The molecule has 0 aromatic carbocycles. The minimum atomic E-state index is -0.666. The SMILES string of the molecule is COC(=O)c1cc(B2OC(C)(C)C(C)(C)O2)on1. The minimum absolute atomic E-state index is 0.0993. The Hall–Kier alpha value is -1.34. The lowest BCUT2D eigenvalue weighted by atomic mass is 9.86. The van der Waals surface area contributed by atoms with Gasteiger partial charge in [0.2, 0.25) is 0 Å². The van der Waals surface area contributed by atoms with E-state index >= 15 is 0 Å². The molecule has 98 valence electrons. The summed E-state index contributed by atoms with van der Waals surface area (Å²) in [6, 6.07) is 1.47. The van der Waals surface area contributed by atoms with Gasteiger partial charge in [-0.2, -0.15) is 0 Å². The predicted molar refractivity (Wildman–Crippen MR) is 63.6 cm³/mol. The molecule has 0 bridgehead atoms. The molecule has 6 nitrogen and oxygen atoms in total. The van der Waals surface area contributed by atoms with Crippen molar-refractivity contribution in [2.24, 2.45) is 0 Å². The second kappa shape index (κ2) is 4.10. The standard InChI is InChI=1S/C11H16BNO5/c1-10(2)11(3,4)18-12(17-10)8-6-7(13-16-8)9(14)15-5/h6H,1-5H3. The molecule has 2 rings (SSSR count). The van der Waals surface area contributed by atoms with Crippen molar-refractivity contribution in [1.82, 2.24) is 5.16 Å². The molecule has 1 aromatic rings. The molecule has 1 fully saturated rings. The van der Waals surface area contributed by atoms with Crippen molar-refractivity contribution in [2.75, 3.05) is 7.11 Å². The summed E-state index contributed by atoms with van der Waals surface area (Å²) in [5, 5.41) is 3.62. The van der Waals surface area contributed by atoms with E-state index in [0.29, 0.717) is 5.66 Å². The summed E-state index contributed by atoms with van der Waals surface area (Å²) in [6.07, 6.45) is 0. The minimum Gasteiger partial charge on any atom is -0.464 e. The van der Waals surface area contributed by atoms with Gasteiger partial charge in [0.15, 0.2) is 11.4 Å². The van der Waals surface area contributed by atoms with Gasteiger partial charge in [-0.25, -0.2) is 4.79 Å². The van der Waals surface area contributed by atoms with Crippen LogP contribution in [-0.2, 0) is 14.0 Å². The van der Waals surface area contributed by atoms with E-state index < -0.39 is 24.3 Å². The van der Waals surface area contributed by atoms with E-state index in [1.807, 2.05) is 27.7 Å². The normalized spacial score (nSPS) is 21.1. The van der Waals surface area contributed by atoms with E-state index in [4.69, 9.17) is 13.8 Å². The largest absolute Gasteiger partial charge is 0.535 e. The second-order valence-electron chi connectivity index (χ2n) is 5.19. The van der Waals surface area contributed by atoms with E-state index in [1.54, 1.807) is 0 Å². The van der Waals surface area contributed by atoms with Crippen molar-refractivity contribution in [2.45, 2.75) is 38.9 Å². The van der Waals surface area contributed by atoms with Crippen molar-refractivity contribution >= 4 is 18.7 Å². The molecule has 0 N–H and O–H groups in total. The topological polar surface area (TPSA) is 70.8 Å². The highest BCUT2D eigenvalue weighted by molar-refractivity contribution is 6.60. The summed E-state index contributed by atoms with van der Waals surface area (Å²) in [5.41, 5.74) is -0.470. The molecule has 0 saturated carbocycles. The van der Waals surface area contributed by atoms with Gasteiger partial charge in [-0.3, -0.25) is 0 Å². The Bertz CT molecular complexity index is 452. The van der Waals surface area contributed by atoms with Gasteiger partial charge >= 0.3 is 13.1 Å². The molecule has 1 aromatic heterocycles. The summed E-state index contributed by atoms with van der Waals surface area (Å²) in [5.74, 6) is -0.554. The number of rotatable bonds is 2. The number of ether oxygens (including phenoxy) is 1. The van der Waals surface area contributed by atoms with Crippen LogP contribution in [0.5, 0.6) is 0 Å². The Morgan fingerprint density at radius 1 is 1.28 bits per heavy atom. The summed E-state index contributed by atoms with van der Waals surface area (Å²) in [7, 11) is 0.617. The molecule has 1 aliphatic heterocycles. The summed E-state index contributed by atoms with van der Waals surface area (Å²) < 4.78 is 21.1. The van der Waals surface area contributed by atoms with Crippen LogP contribution in [0.15, 0.2) is 10.6 Å². The summed E-state index contributed by atoms with van der Waals surface area (Å²) in [6.45, 7) is 7.74. The number of hydrogen-bond donors (Lipinski definition) is 0. The molecule has 1 saturated heterocycles. The van der Waals surface area contributed by atoms with Crippen LogP contribution < -0.4 is 5.66 Å². The maximum atomic E-state index is 11.3. The highest BCUT2D eigenvalue weighted by atomic mass is 16.7. The number of hydrogen-bond acceptors (Lipinski definition) is 6. The van der Waals surface area contributed by atoms with Crippen LogP contribution in [-0.4, -0.2) is 36.6 Å². The van der Waals surface area contributed by atoms with Crippen LogP contribution in [0.3, 0.4) is 0 Å². The van der Waals surface area contributed by atoms with Gasteiger partial charge in [-0.05, 0) is 27.7 Å². The van der Waals surface area contributed by atoms with Gasteiger partial charge in [0.25, 0.3) is 0 Å². The summed E-state index contributed by atoms with van der Waals surface area (Å²) >= 11 is 0. The smallest absolute Gasteiger partial charge is 0.464 e. The fraction of sp³-hybridized carbons (Fsp3) is 0.636. The Morgan fingerprint density at radius 3 is 2.33 bits per heavy atom. The molecule has 7 heteroatoms. The Morgan fingerprint density at radius 2 is 1.83 bits per heavy atom. The fourth-order valence-corrected chi connectivity index (χ4v) is 1.56. The Labute approximate surface area is 106 Å². The third kappa shape index (κ3) is 2.04. The van der Waals surface area contributed by atoms with Gasteiger partial charge in [0.05, 0.1) is 18.3 Å². The van der Waals surface area contributed by atoms with Crippen LogP contribution in [0.4, 0.5) is 0 Å². The van der Waals surface area contributed by atoms with Crippen LogP contribution in [0.25, 0.3) is 0 Å². The lowest BCUT2D eigenvalue weighted by Crippen LogP contribution is -2.41. The van der Waals surface area contributed by atoms with Crippen LogP contribution in [0, 0.1) is 0 Å². The first-order valence-corrected chi connectivity index (χ1v) is 5.67. The maximum absolute atomic E-state index is 11.3. The molecule has 2 heterocycles. The number of aromatic nitrogens is 1. The fourth-order valence-electron chi connectivity index (χ4n) is 1.56. The lowest BCUT2D eigenvalue weighted by Gasteiger charge is -2.32. The predicted octanol–water partition coefficient (Wildman–Crippen LogP) is 0.760. The van der Waals surface area contributed by atoms with Crippen molar-refractivity contribution in [3.05, 3.63) is 11.8 Å². The van der Waals surface area contributed by atoms with Gasteiger partial charge in [-0.1, -0.05) is 5.16 Å². The Kier molecular flexibility index (Phi) is 2.99. The number of nitrogens with zero attached hydrogens (tertiary/aromatic N) is 1. The zero-order valence-electron chi connectivity index (χ0n) is 11.1. The molecule has 0 unspecified atom stereocenters. The number of carbonyl (C=O) groups is 1. The van der Waals surface area contributed by atoms with Crippen LogP contribution in [0.2, 0.25) is 0 Å². The van der Waals surface area contributed by atoms with Crippen molar-refractivity contribution < 1.29 is 23.4 Å². The van der Waals surface area contributed by atoms with Crippen LogP contribution in [0.1, 0.15) is 38.2 Å².